The van der Waals surface area contributed by atoms with Gasteiger partial charge in [-0.25, -0.2) is 0 Å². The highest BCUT2D eigenvalue weighted by Gasteiger charge is 2.12. The van der Waals surface area contributed by atoms with Gasteiger partial charge in [-0.3, -0.25) is 14.7 Å². The Kier molecular flexibility index (Phi) is 4.46. The second kappa shape index (κ2) is 6.68. The molecule has 5 nitrogen and oxygen atoms in total. The van der Waals surface area contributed by atoms with Crippen molar-refractivity contribution in [1.82, 2.24) is 9.88 Å². The molecule has 22 heavy (non-hydrogen) atoms. The van der Waals surface area contributed by atoms with E-state index in [9.17, 15) is 4.79 Å². The van der Waals surface area contributed by atoms with Crippen molar-refractivity contribution in [2.75, 3.05) is 26.3 Å². The molecule has 1 amide bonds. The first-order valence-corrected chi connectivity index (χ1v) is 7.38. The number of nitrogens with zero attached hydrogens (tertiary/aromatic N) is 2. The smallest absolute Gasteiger partial charge is 0.249 e. The topological polar surface area (TPSA) is 68.5 Å². The SMILES string of the molecule is NC(=O)c1ccccc1-c1ccc(CN2CCOCC2)nc1. The Morgan fingerprint density at radius 2 is 1.95 bits per heavy atom. The summed E-state index contributed by atoms with van der Waals surface area (Å²) in [5.74, 6) is -0.423. The van der Waals surface area contributed by atoms with Crippen molar-refractivity contribution >= 4 is 5.91 Å². The van der Waals surface area contributed by atoms with E-state index in [0.29, 0.717) is 5.56 Å². The molecule has 5 heteroatoms. The molecule has 1 saturated heterocycles. The summed E-state index contributed by atoms with van der Waals surface area (Å²) in [6, 6.07) is 11.3. The predicted octanol–water partition coefficient (Wildman–Crippen LogP) is 1.68. The normalized spacial score (nSPS) is 15.6. The van der Waals surface area contributed by atoms with Gasteiger partial charge in [-0.05, 0) is 17.7 Å². The molecule has 1 fully saturated rings. The van der Waals surface area contributed by atoms with E-state index in [-0.39, 0.29) is 0 Å². The van der Waals surface area contributed by atoms with Gasteiger partial charge in [-0.15, -0.1) is 0 Å². The summed E-state index contributed by atoms with van der Waals surface area (Å²) < 4.78 is 5.34. The average molecular weight is 297 g/mol. The molecule has 1 aromatic carbocycles. The van der Waals surface area contributed by atoms with Crippen LogP contribution in [0.3, 0.4) is 0 Å². The van der Waals surface area contributed by atoms with Gasteiger partial charge in [-0.1, -0.05) is 24.3 Å². The Morgan fingerprint density at radius 3 is 2.64 bits per heavy atom. The van der Waals surface area contributed by atoms with E-state index in [1.165, 1.54) is 0 Å². The minimum Gasteiger partial charge on any atom is -0.379 e. The Morgan fingerprint density at radius 1 is 1.18 bits per heavy atom. The average Bonchev–Trinajstić information content (AvgIpc) is 2.56. The third kappa shape index (κ3) is 3.32. The van der Waals surface area contributed by atoms with E-state index in [4.69, 9.17) is 10.5 Å². The maximum absolute atomic E-state index is 11.5. The van der Waals surface area contributed by atoms with Gasteiger partial charge in [0, 0.05) is 37.0 Å². The highest BCUT2D eigenvalue weighted by atomic mass is 16.5. The van der Waals surface area contributed by atoms with Crippen LogP contribution in [-0.2, 0) is 11.3 Å². The number of hydrogen-bond donors (Lipinski definition) is 1. The molecule has 0 radical (unpaired) electrons. The van der Waals surface area contributed by atoms with Gasteiger partial charge in [0.15, 0.2) is 0 Å². The van der Waals surface area contributed by atoms with Crippen LogP contribution in [0.1, 0.15) is 16.1 Å². The van der Waals surface area contributed by atoms with E-state index < -0.39 is 5.91 Å². The number of primary amides is 1. The molecule has 0 aliphatic carbocycles. The number of ether oxygens (including phenoxy) is 1. The third-order valence-corrected chi connectivity index (χ3v) is 3.82. The highest BCUT2D eigenvalue weighted by Crippen LogP contribution is 2.23. The van der Waals surface area contributed by atoms with Crippen LogP contribution >= 0.6 is 0 Å². The van der Waals surface area contributed by atoms with Crippen LogP contribution in [0.2, 0.25) is 0 Å². The van der Waals surface area contributed by atoms with Gasteiger partial charge in [0.2, 0.25) is 5.91 Å². The molecule has 0 unspecified atom stereocenters. The van der Waals surface area contributed by atoms with Crippen molar-refractivity contribution in [2.45, 2.75) is 6.54 Å². The van der Waals surface area contributed by atoms with Crippen LogP contribution in [-0.4, -0.2) is 42.1 Å². The quantitative estimate of drug-likeness (QED) is 0.932. The van der Waals surface area contributed by atoms with E-state index in [0.717, 1.165) is 49.7 Å². The fourth-order valence-electron chi connectivity index (χ4n) is 2.62. The summed E-state index contributed by atoms with van der Waals surface area (Å²) in [5.41, 5.74) is 8.69. The first kappa shape index (κ1) is 14.7. The second-order valence-electron chi connectivity index (χ2n) is 5.34. The number of morpholine rings is 1. The van der Waals surface area contributed by atoms with Gasteiger partial charge >= 0.3 is 0 Å². The van der Waals surface area contributed by atoms with Crippen molar-refractivity contribution in [2.24, 2.45) is 5.73 Å². The van der Waals surface area contributed by atoms with Crippen LogP contribution in [0, 0.1) is 0 Å². The Balaban J connectivity index is 1.78. The Labute approximate surface area is 129 Å². The maximum atomic E-state index is 11.5. The van der Waals surface area contributed by atoms with Crippen molar-refractivity contribution in [3.63, 3.8) is 0 Å². The summed E-state index contributed by atoms with van der Waals surface area (Å²) in [6.45, 7) is 4.26. The van der Waals surface area contributed by atoms with Crippen molar-refractivity contribution in [3.05, 3.63) is 53.9 Å². The molecule has 3 rings (SSSR count). The monoisotopic (exact) mass is 297 g/mol. The summed E-state index contributed by atoms with van der Waals surface area (Å²) >= 11 is 0. The van der Waals surface area contributed by atoms with Crippen LogP contribution in [0.15, 0.2) is 42.6 Å². The number of benzene rings is 1. The van der Waals surface area contributed by atoms with E-state index in [1.807, 2.05) is 30.3 Å². The standard InChI is InChI=1S/C17H19N3O2/c18-17(21)16-4-2-1-3-15(16)13-5-6-14(19-11-13)12-20-7-9-22-10-8-20/h1-6,11H,7-10,12H2,(H2,18,21). The molecule has 2 heterocycles. The highest BCUT2D eigenvalue weighted by molar-refractivity contribution is 5.99. The molecule has 1 aliphatic heterocycles. The third-order valence-electron chi connectivity index (χ3n) is 3.82. The zero-order chi connectivity index (χ0) is 15.4. The first-order chi connectivity index (χ1) is 10.7. The van der Waals surface area contributed by atoms with Crippen molar-refractivity contribution < 1.29 is 9.53 Å². The molecule has 114 valence electrons. The lowest BCUT2D eigenvalue weighted by Gasteiger charge is -2.26. The molecular weight excluding hydrogens is 278 g/mol. The van der Waals surface area contributed by atoms with Crippen LogP contribution in [0.5, 0.6) is 0 Å². The molecule has 0 bridgehead atoms. The Bertz CT molecular complexity index is 649. The summed E-state index contributed by atoms with van der Waals surface area (Å²) in [6.07, 6.45) is 1.80. The number of hydrogen-bond acceptors (Lipinski definition) is 4. The molecule has 0 spiro atoms. The van der Waals surface area contributed by atoms with E-state index in [2.05, 4.69) is 9.88 Å². The number of amides is 1. The number of rotatable bonds is 4. The largest absolute Gasteiger partial charge is 0.379 e. The number of nitrogens with two attached hydrogens (primary N) is 1. The number of pyridine rings is 1. The summed E-state index contributed by atoms with van der Waals surface area (Å²) in [5, 5.41) is 0. The minimum atomic E-state index is -0.423. The van der Waals surface area contributed by atoms with Gasteiger partial charge in [0.05, 0.1) is 18.9 Å². The van der Waals surface area contributed by atoms with Crippen molar-refractivity contribution in [3.8, 4) is 11.1 Å². The lowest BCUT2D eigenvalue weighted by Crippen LogP contribution is -2.35. The minimum absolute atomic E-state index is 0.423. The number of aromatic nitrogens is 1. The fourth-order valence-corrected chi connectivity index (χ4v) is 2.62. The fraction of sp³-hybridized carbons (Fsp3) is 0.294. The van der Waals surface area contributed by atoms with Crippen LogP contribution < -0.4 is 5.73 Å². The number of carbonyl (C=O) groups excluding carboxylic acids is 1. The molecule has 1 aromatic heterocycles. The molecule has 2 N–H and O–H groups in total. The van der Waals surface area contributed by atoms with E-state index >= 15 is 0 Å². The van der Waals surface area contributed by atoms with Gasteiger partial charge < -0.3 is 10.5 Å². The lowest BCUT2D eigenvalue weighted by atomic mass is 10.0. The molecule has 0 saturated carbocycles. The molecular formula is C17H19N3O2. The number of carbonyl (C=O) groups is 1. The van der Waals surface area contributed by atoms with Crippen molar-refractivity contribution in [1.29, 1.82) is 0 Å². The molecule has 0 atom stereocenters. The van der Waals surface area contributed by atoms with Crippen LogP contribution in [0.25, 0.3) is 11.1 Å². The van der Waals surface area contributed by atoms with Gasteiger partial charge in [-0.2, -0.15) is 0 Å². The second-order valence-corrected chi connectivity index (χ2v) is 5.34. The van der Waals surface area contributed by atoms with E-state index in [1.54, 1.807) is 12.3 Å². The molecule has 1 aliphatic rings. The predicted molar refractivity (Wildman–Crippen MR) is 84.3 cm³/mol. The van der Waals surface area contributed by atoms with Gasteiger partial charge in [0.25, 0.3) is 0 Å². The zero-order valence-electron chi connectivity index (χ0n) is 12.4. The van der Waals surface area contributed by atoms with Crippen LogP contribution in [0.4, 0.5) is 0 Å². The summed E-state index contributed by atoms with van der Waals surface area (Å²) in [4.78, 5) is 18.3. The zero-order valence-corrected chi connectivity index (χ0v) is 12.4. The Hall–Kier alpha value is -2.24. The summed E-state index contributed by atoms with van der Waals surface area (Å²) in [7, 11) is 0. The first-order valence-electron chi connectivity index (χ1n) is 7.38. The lowest BCUT2D eigenvalue weighted by molar-refractivity contribution is 0.0336. The maximum Gasteiger partial charge on any atom is 0.249 e. The van der Waals surface area contributed by atoms with Gasteiger partial charge in [0.1, 0.15) is 0 Å². The molecule has 2 aromatic rings.